The van der Waals surface area contributed by atoms with E-state index in [4.69, 9.17) is 9.47 Å². The topological polar surface area (TPSA) is 74.1 Å². The number of methoxy groups -OCH3 is 1. The average molecular weight is 401 g/mol. The van der Waals surface area contributed by atoms with Crippen molar-refractivity contribution < 1.29 is 9.47 Å². The van der Waals surface area contributed by atoms with Crippen molar-refractivity contribution in [2.75, 3.05) is 13.7 Å². The molecule has 0 saturated carbocycles. The molecule has 152 valence electrons. The number of rotatable bonds is 9. The SMILES string of the molecule is COc1ccccc1CCNCc1ccc(Oc2nnnn2-c2ccccc2)cc1. The summed E-state index contributed by atoms with van der Waals surface area (Å²) in [6.07, 6.45) is 0.910. The van der Waals surface area contributed by atoms with Gasteiger partial charge in [-0.25, -0.2) is 0 Å². The highest BCUT2D eigenvalue weighted by Gasteiger charge is 2.10. The molecule has 0 atom stereocenters. The summed E-state index contributed by atoms with van der Waals surface area (Å²) in [5.74, 6) is 1.61. The van der Waals surface area contributed by atoms with E-state index in [9.17, 15) is 0 Å². The van der Waals surface area contributed by atoms with Gasteiger partial charge >= 0.3 is 6.01 Å². The lowest BCUT2D eigenvalue weighted by atomic mass is 10.1. The summed E-state index contributed by atoms with van der Waals surface area (Å²) >= 11 is 0. The van der Waals surface area contributed by atoms with Crippen molar-refractivity contribution in [3.8, 4) is 23.2 Å². The van der Waals surface area contributed by atoms with Crippen LogP contribution in [-0.2, 0) is 13.0 Å². The van der Waals surface area contributed by atoms with Crippen molar-refractivity contribution in [3.63, 3.8) is 0 Å². The van der Waals surface area contributed by atoms with Gasteiger partial charge in [-0.3, -0.25) is 0 Å². The molecule has 0 bridgehead atoms. The molecule has 0 radical (unpaired) electrons. The highest BCUT2D eigenvalue weighted by Crippen LogP contribution is 2.21. The maximum Gasteiger partial charge on any atom is 0.345 e. The van der Waals surface area contributed by atoms with E-state index in [1.165, 1.54) is 11.1 Å². The first-order valence-electron chi connectivity index (χ1n) is 9.77. The van der Waals surface area contributed by atoms with Crippen molar-refractivity contribution in [3.05, 3.63) is 90.0 Å². The van der Waals surface area contributed by atoms with Crippen LogP contribution in [0.2, 0.25) is 0 Å². The predicted molar refractivity (Wildman–Crippen MR) is 114 cm³/mol. The van der Waals surface area contributed by atoms with Crippen molar-refractivity contribution in [1.29, 1.82) is 0 Å². The number of ether oxygens (including phenoxy) is 2. The Bertz CT molecular complexity index is 1060. The van der Waals surface area contributed by atoms with Crippen LogP contribution in [0.4, 0.5) is 0 Å². The molecular weight excluding hydrogens is 378 g/mol. The van der Waals surface area contributed by atoms with Crippen LogP contribution in [0.5, 0.6) is 17.5 Å². The number of aromatic nitrogens is 4. The maximum atomic E-state index is 5.86. The number of para-hydroxylation sites is 2. The lowest BCUT2D eigenvalue weighted by Crippen LogP contribution is -2.16. The third-order valence-electron chi connectivity index (χ3n) is 4.67. The number of nitrogens with one attached hydrogen (secondary N) is 1. The second-order valence-electron chi connectivity index (χ2n) is 6.69. The summed E-state index contributed by atoms with van der Waals surface area (Å²) in [6, 6.07) is 26.0. The van der Waals surface area contributed by atoms with E-state index in [1.54, 1.807) is 11.8 Å². The first kappa shape index (κ1) is 19.6. The third-order valence-corrected chi connectivity index (χ3v) is 4.67. The Morgan fingerprint density at radius 2 is 1.67 bits per heavy atom. The summed E-state index contributed by atoms with van der Waals surface area (Å²) in [4.78, 5) is 0. The van der Waals surface area contributed by atoms with Gasteiger partial charge in [0.1, 0.15) is 11.5 Å². The largest absolute Gasteiger partial charge is 0.496 e. The van der Waals surface area contributed by atoms with E-state index in [0.29, 0.717) is 11.8 Å². The van der Waals surface area contributed by atoms with E-state index < -0.39 is 0 Å². The van der Waals surface area contributed by atoms with Crippen molar-refractivity contribution in [1.82, 2.24) is 25.5 Å². The summed E-state index contributed by atoms with van der Waals surface area (Å²) < 4.78 is 12.8. The summed E-state index contributed by atoms with van der Waals surface area (Å²) in [6.45, 7) is 1.64. The predicted octanol–water partition coefficient (Wildman–Crippen LogP) is 3.80. The molecule has 7 nitrogen and oxygen atoms in total. The smallest absolute Gasteiger partial charge is 0.345 e. The van der Waals surface area contributed by atoms with Gasteiger partial charge < -0.3 is 14.8 Å². The second kappa shape index (κ2) is 9.67. The van der Waals surface area contributed by atoms with Gasteiger partial charge in [0, 0.05) is 6.54 Å². The molecule has 4 rings (SSSR count). The number of tetrazole rings is 1. The van der Waals surface area contributed by atoms with Crippen molar-refractivity contribution >= 4 is 0 Å². The molecule has 1 heterocycles. The van der Waals surface area contributed by atoms with Crippen LogP contribution < -0.4 is 14.8 Å². The zero-order valence-electron chi connectivity index (χ0n) is 16.7. The monoisotopic (exact) mass is 401 g/mol. The van der Waals surface area contributed by atoms with E-state index in [2.05, 4.69) is 26.9 Å². The van der Waals surface area contributed by atoms with Gasteiger partial charge in [-0.2, -0.15) is 4.68 Å². The molecule has 0 fully saturated rings. The van der Waals surface area contributed by atoms with E-state index >= 15 is 0 Å². The molecule has 0 amide bonds. The molecule has 7 heteroatoms. The number of hydrogen-bond donors (Lipinski definition) is 1. The molecule has 30 heavy (non-hydrogen) atoms. The van der Waals surface area contributed by atoms with Crippen LogP contribution in [0.1, 0.15) is 11.1 Å². The standard InChI is InChI=1S/C23H23N5O2/c1-29-22-10-6-5-7-19(22)15-16-24-17-18-11-13-21(14-12-18)30-23-25-26-27-28(23)20-8-3-2-4-9-20/h2-14,24H,15-17H2,1H3. The van der Waals surface area contributed by atoms with Crippen LogP contribution in [0.3, 0.4) is 0 Å². The van der Waals surface area contributed by atoms with Crippen LogP contribution in [0, 0.1) is 0 Å². The highest BCUT2D eigenvalue weighted by atomic mass is 16.5. The minimum absolute atomic E-state index is 0.323. The van der Waals surface area contributed by atoms with E-state index in [0.717, 1.165) is 30.9 Å². The quantitative estimate of drug-likeness (QED) is 0.430. The summed E-state index contributed by atoms with van der Waals surface area (Å²) in [5, 5.41) is 15.2. The van der Waals surface area contributed by atoms with Crippen LogP contribution in [-0.4, -0.2) is 33.9 Å². The molecule has 0 aliphatic heterocycles. The lowest BCUT2D eigenvalue weighted by molar-refractivity contribution is 0.409. The Hall–Kier alpha value is -3.71. The molecular formula is C23H23N5O2. The Labute approximate surface area is 175 Å². The Kier molecular flexibility index (Phi) is 6.31. The minimum atomic E-state index is 0.323. The molecule has 0 aliphatic rings. The third kappa shape index (κ3) is 4.82. The van der Waals surface area contributed by atoms with Gasteiger partial charge in [0.25, 0.3) is 0 Å². The number of hydrogen-bond acceptors (Lipinski definition) is 6. The molecule has 3 aromatic carbocycles. The van der Waals surface area contributed by atoms with Gasteiger partial charge in [0.2, 0.25) is 0 Å². The Morgan fingerprint density at radius 3 is 2.47 bits per heavy atom. The van der Waals surface area contributed by atoms with E-state index in [-0.39, 0.29) is 0 Å². The van der Waals surface area contributed by atoms with Crippen LogP contribution in [0.15, 0.2) is 78.9 Å². The first-order valence-corrected chi connectivity index (χ1v) is 9.77. The number of benzene rings is 3. The molecule has 1 aromatic heterocycles. The summed E-state index contributed by atoms with van der Waals surface area (Å²) in [7, 11) is 1.70. The fraction of sp³-hybridized carbons (Fsp3) is 0.174. The first-order chi connectivity index (χ1) is 14.8. The van der Waals surface area contributed by atoms with Gasteiger partial charge in [-0.05, 0) is 64.9 Å². The molecule has 0 unspecified atom stereocenters. The van der Waals surface area contributed by atoms with Gasteiger partial charge in [-0.1, -0.05) is 53.6 Å². The fourth-order valence-corrected chi connectivity index (χ4v) is 3.12. The second-order valence-corrected chi connectivity index (χ2v) is 6.69. The zero-order chi connectivity index (χ0) is 20.6. The Balaban J connectivity index is 1.30. The van der Waals surface area contributed by atoms with Gasteiger partial charge in [-0.15, -0.1) is 0 Å². The molecule has 1 N–H and O–H groups in total. The molecule has 0 spiro atoms. The van der Waals surface area contributed by atoms with E-state index in [1.807, 2.05) is 72.8 Å². The lowest BCUT2D eigenvalue weighted by Gasteiger charge is -2.10. The minimum Gasteiger partial charge on any atom is -0.496 e. The normalized spacial score (nSPS) is 10.7. The van der Waals surface area contributed by atoms with Crippen LogP contribution in [0.25, 0.3) is 5.69 Å². The van der Waals surface area contributed by atoms with Crippen molar-refractivity contribution in [2.45, 2.75) is 13.0 Å². The van der Waals surface area contributed by atoms with Gasteiger partial charge in [0.15, 0.2) is 0 Å². The average Bonchev–Trinajstić information content (AvgIpc) is 3.27. The van der Waals surface area contributed by atoms with Crippen molar-refractivity contribution in [2.24, 2.45) is 0 Å². The zero-order valence-corrected chi connectivity index (χ0v) is 16.7. The molecule has 0 aliphatic carbocycles. The van der Waals surface area contributed by atoms with Gasteiger partial charge in [0.05, 0.1) is 12.8 Å². The highest BCUT2D eigenvalue weighted by molar-refractivity contribution is 5.35. The van der Waals surface area contributed by atoms with Crippen LogP contribution >= 0.6 is 0 Å². The summed E-state index contributed by atoms with van der Waals surface area (Å²) in [5.41, 5.74) is 3.21. The maximum absolute atomic E-state index is 5.86. The molecule has 0 saturated heterocycles. The molecule has 4 aromatic rings. The Morgan fingerprint density at radius 1 is 0.900 bits per heavy atom. The number of nitrogens with zero attached hydrogens (tertiary/aromatic N) is 4. The fourth-order valence-electron chi connectivity index (χ4n) is 3.12.